The molecule has 21 heavy (non-hydrogen) atoms. The Labute approximate surface area is 120 Å². The zero-order valence-corrected chi connectivity index (χ0v) is 11.3. The van der Waals surface area contributed by atoms with E-state index >= 15 is 0 Å². The van der Waals surface area contributed by atoms with Crippen molar-refractivity contribution < 1.29 is 9.53 Å². The zero-order valence-electron chi connectivity index (χ0n) is 11.3. The molecule has 1 N–H and O–H groups in total. The number of aromatic nitrogens is 2. The van der Waals surface area contributed by atoms with E-state index in [2.05, 4.69) is 9.97 Å². The third-order valence-electron chi connectivity index (χ3n) is 3.27. The molecule has 0 amide bonds. The van der Waals surface area contributed by atoms with Crippen LogP contribution in [0.1, 0.15) is 10.4 Å². The Kier molecular flexibility index (Phi) is 3.23. The molecule has 0 saturated heterocycles. The van der Waals surface area contributed by atoms with Gasteiger partial charge in [-0.1, -0.05) is 12.1 Å². The largest absolute Gasteiger partial charge is 0.497 e. The fourth-order valence-electron chi connectivity index (χ4n) is 2.14. The molecule has 0 aliphatic carbocycles. The molecule has 1 aromatic carbocycles. The molecular weight excluding hydrogens is 268 g/mol. The van der Waals surface area contributed by atoms with Crippen molar-refractivity contribution in [2.24, 2.45) is 0 Å². The summed E-state index contributed by atoms with van der Waals surface area (Å²) in [4.78, 5) is 29.2. The van der Waals surface area contributed by atoms with Crippen LogP contribution in [0.4, 0.5) is 0 Å². The summed E-state index contributed by atoms with van der Waals surface area (Å²) in [5, 5.41) is 0.713. The first-order valence-corrected chi connectivity index (χ1v) is 6.34. The van der Waals surface area contributed by atoms with Crippen LogP contribution in [0.15, 0.2) is 47.4 Å². The number of methoxy groups -OCH3 is 1. The van der Waals surface area contributed by atoms with Crippen LogP contribution in [0.2, 0.25) is 0 Å². The van der Waals surface area contributed by atoms with Crippen LogP contribution < -0.4 is 10.3 Å². The van der Waals surface area contributed by atoms with Crippen molar-refractivity contribution in [2.75, 3.05) is 7.11 Å². The fourth-order valence-corrected chi connectivity index (χ4v) is 2.14. The summed E-state index contributed by atoms with van der Waals surface area (Å²) in [6.45, 7) is 0. The van der Waals surface area contributed by atoms with Crippen LogP contribution in [0.3, 0.4) is 0 Å². The number of aromatic amines is 1. The smallest absolute Gasteiger partial charge is 0.260 e. The minimum Gasteiger partial charge on any atom is -0.497 e. The summed E-state index contributed by atoms with van der Waals surface area (Å²) >= 11 is 0. The highest BCUT2D eigenvalue weighted by Crippen LogP contribution is 2.24. The normalized spacial score (nSPS) is 10.5. The third kappa shape index (κ3) is 2.41. The van der Waals surface area contributed by atoms with Gasteiger partial charge in [0, 0.05) is 17.1 Å². The number of nitrogens with one attached hydrogen (secondary N) is 1. The average Bonchev–Trinajstić information content (AvgIpc) is 2.54. The Morgan fingerprint density at radius 1 is 1.14 bits per heavy atom. The van der Waals surface area contributed by atoms with Gasteiger partial charge < -0.3 is 9.72 Å². The second-order valence-corrected chi connectivity index (χ2v) is 4.56. The Hall–Kier alpha value is -2.95. The van der Waals surface area contributed by atoms with Gasteiger partial charge in [0.25, 0.3) is 5.56 Å². The fraction of sp³-hybridized carbons (Fsp3) is 0.0625. The summed E-state index contributed by atoms with van der Waals surface area (Å²) in [6, 6.07) is 11.0. The van der Waals surface area contributed by atoms with E-state index in [4.69, 9.17) is 4.74 Å². The van der Waals surface area contributed by atoms with E-state index in [1.54, 1.807) is 19.4 Å². The number of pyridine rings is 2. The Morgan fingerprint density at radius 2 is 1.90 bits per heavy atom. The summed E-state index contributed by atoms with van der Waals surface area (Å²) < 4.78 is 5.12. The Balaban J connectivity index is 2.13. The SMILES string of the molecule is COc1ccc(-c2cnc3[nH]c(=O)c(C=O)cc3c2)cc1. The van der Waals surface area contributed by atoms with Crippen LogP contribution in [0.5, 0.6) is 5.75 Å². The lowest BCUT2D eigenvalue weighted by Crippen LogP contribution is -2.11. The maximum Gasteiger partial charge on any atom is 0.260 e. The number of H-pyrrole nitrogens is 1. The number of benzene rings is 1. The number of nitrogens with zero attached hydrogens (tertiary/aromatic N) is 1. The van der Waals surface area contributed by atoms with Gasteiger partial charge in [0.15, 0.2) is 6.29 Å². The molecule has 5 nitrogen and oxygen atoms in total. The number of hydrogen-bond acceptors (Lipinski definition) is 4. The number of fused-ring (bicyclic) bond motifs is 1. The predicted molar refractivity (Wildman–Crippen MR) is 79.7 cm³/mol. The molecule has 104 valence electrons. The maximum atomic E-state index is 11.5. The molecule has 0 atom stereocenters. The molecule has 3 rings (SSSR count). The molecule has 3 aromatic rings. The second kappa shape index (κ2) is 5.20. The quantitative estimate of drug-likeness (QED) is 0.748. The standard InChI is InChI=1S/C16H12N2O3/c1-21-14-4-2-10(3-5-14)12-6-11-7-13(9-19)16(20)18-15(11)17-8-12/h2-9H,1H3,(H,17,18,20). The predicted octanol–water partition coefficient (Wildman–Crippen LogP) is 2.41. The number of carbonyl (C=O) groups is 1. The molecule has 0 spiro atoms. The second-order valence-electron chi connectivity index (χ2n) is 4.56. The zero-order chi connectivity index (χ0) is 14.8. The molecule has 0 fully saturated rings. The van der Waals surface area contributed by atoms with Gasteiger partial charge in [-0.05, 0) is 29.8 Å². The lowest BCUT2D eigenvalue weighted by atomic mass is 10.1. The first-order valence-electron chi connectivity index (χ1n) is 6.34. The van der Waals surface area contributed by atoms with E-state index in [-0.39, 0.29) is 5.56 Å². The monoisotopic (exact) mass is 280 g/mol. The van der Waals surface area contributed by atoms with Crippen molar-refractivity contribution in [3.8, 4) is 16.9 Å². The molecule has 0 saturated carbocycles. The van der Waals surface area contributed by atoms with Gasteiger partial charge in [0.1, 0.15) is 11.4 Å². The molecule has 0 radical (unpaired) electrons. The average molecular weight is 280 g/mol. The van der Waals surface area contributed by atoms with Crippen LogP contribution in [-0.4, -0.2) is 23.4 Å². The van der Waals surface area contributed by atoms with Gasteiger partial charge in [-0.15, -0.1) is 0 Å². The molecule has 5 heteroatoms. The van der Waals surface area contributed by atoms with Gasteiger partial charge in [-0.2, -0.15) is 0 Å². The van der Waals surface area contributed by atoms with Crippen molar-refractivity contribution >= 4 is 17.3 Å². The van der Waals surface area contributed by atoms with Gasteiger partial charge in [0.2, 0.25) is 0 Å². The van der Waals surface area contributed by atoms with Crippen LogP contribution in [0, 0.1) is 0 Å². The molecule has 0 bridgehead atoms. The van der Waals surface area contributed by atoms with E-state index < -0.39 is 5.56 Å². The van der Waals surface area contributed by atoms with E-state index in [1.165, 1.54) is 0 Å². The molecular formula is C16H12N2O3. The first-order chi connectivity index (χ1) is 10.2. The van der Waals surface area contributed by atoms with Gasteiger partial charge in [-0.3, -0.25) is 9.59 Å². The number of ether oxygens (including phenoxy) is 1. The summed E-state index contributed by atoms with van der Waals surface area (Å²) in [5.41, 5.74) is 2.00. The minimum absolute atomic E-state index is 0.0937. The molecule has 0 aliphatic heterocycles. The summed E-state index contributed by atoms with van der Waals surface area (Å²) in [6.07, 6.45) is 2.22. The highest BCUT2D eigenvalue weighted by molar-refractivity contribution is 5.86. The topological polar surface area (TPSA) is 72.0 Å². The van der Waals surface area contributed by atoms with Crippen molar-refractivity contribution in [1.82, 2.24) is 9.97 Å². The van der Waals surface area contributed by atoms with Crippen LogP contribution >= 0.6 is 0 Å². The van der Waals surface area contributed by atoms with Gasteiger partial charge >= 0.3 is 0 Å². The molecule has 0 unspecified atom stereocenters. The highest BCUT2D eigenvalue weighted by Gasteiger charge is 2.05. The van der Waals surface area contributed by atoms with E-state index in [0.717, 1.165) is 16.9 Å². The van der Waals surface area contributed by atoms with Crippen molar-refractivity contribution in [2.45, 2.75) is 0 Å². The minimum atomic E-state index is -0.429. The van der Waals surface area contributed by atoms with Crippen molar-refractivity contribution in [1.29, 1.82) is 0 Å². The third-order valence-corrected chi connectivity index (χ3v) is 3.27. The van der Waals surface area contributed by atoms with Gasteiger partial charge in [-0.25, -0.2) is 4.98 Å². The number of hydrogen-bond donors (Lipinski definition) is 1. The lowest BCUT2D eigenvalue weighted by Gasteiger charge is -2.05. The van der Waals surface area contributed by atoms with E-state index in [1.807, 2.05) is 30.3 Å². The Bertz CT molecular complexity index is 867. The molecule has 2 aromatic heterocycles. The van der Waals surface area contributed by atoms with Crippen LogP contribution in [0.25, 0.3) is 22.2 Å². The molecule has 0 aliphatic rings. The van der Waals surface area contributed by atoms with E-state index in [9.17, 15) is 9.59 Å². The van der Waals surface area contributed by atoms with Gasteiger partial charge in [0.05, 0.1) is 12.7 Å². The number of carbonyl (C=O) groups excluding carboxylic acids is 1. The Morgan fingerprint density at radius 3 is 2.57 bits per heavy atom. The molecule has 2 heterocycles. The highest BCUT2D eigenvalue weighted by atomic mass is 16.5. The van der Waals surface area contributed by atoms with Crippen LogP contribution in [-0.2, 0) is 0 Å². The van der Waals surface area contributed by atoms with Crippen molar-refractivity contribution in [3.63, 3.8) is 0 Å². The summed E-state index contributed by atoms with van der Waals surface area (Å²) in [7, 11) is 1.61. The number of rotatable bonds is 3. The lowest BCUT2D eigenvalue weighted by molar-refractivity contribution is 0.112. The first kappa shape index (κ1) is 13.1. The van der Waals surface area contributed by atoms with Crippen molar-refractivity contribution in [3.05, 3.63) is 58.5 Å². The summed E-state index contributed by atoms with van der Waals surface area (Å²) in [5.74, 6) is 0.778. The maximum absolute atomic E-state index is 11.5. The number of aldehydes is 1. The van der Waals surface area contributed by atoms with E-state index in [0.29, 0.717) is 17.3 Å².